The fourth-order valence-electron chi connectivity index (χ4n) is 11.6. The monoisotopic (exact) mass is 927 g/mol. The third-order valence-electron chi connectivity index (χ3n) is 14.3. The van der Waals surface area contributed by atoms with Gasteiger partial charge in [0, 0.05) is 27.1 Å². The Morgan fingerprint density at radius 1 is 0.243 bits per heavy atom. The van der Waals surface area contributed by atoms with Gasteiger partial charge in [-0.15, -0.1) is 0 Å². The summed E-state index contributed by atoms with van der Waals surface area (Å²) < 4.78 is 4.42. The average molecular weight is 928 g/mol. The van der Waals surface area contributed by atoms with Crippen LogP contribution in [-0.2, 0) is 0 Å². The largest absolute Gasteiger partial charge is 0.278 e. The SMILES string of the molecule is c1ccc([Si](c2ccccc2)(c2ccccc2)[Si](c2ccccc2)(c2ccccc2)c2cccc(-c3nc(-n4c5ccccc5c5ccccc54)nc(-n4c5ccccc5c5ccccc54)n3)c2)cc1. The van der Waals surface area contributed by atoms with Crippen LogP contribution in [0.15, 0.2) is 273 Å². The van der Waals surface area contributed by atoms with Crippen LogP contribution >= 0.6 is 0 Å². The molecule has 0 atom stereocenters. The van der Waals surface area contributed by atoms with E-state index in [9.17, 15) is 0 Å². The Balaban J connectivity index is 1.17. The Hall–Kier alpha value is -8.76. The van der Waals surface area contributed by atoms with Gasteiger partial charge in [-0.2, -0.15) is 15.0 Å². The van der Waals surface area contributed by atoms with E-state index in [0.29, 0.717) is 17.7 Å². The first-order chi connectivity index (χ1) is 34.7. The third-order valence-corrected chi connectivity index (χ3v) is 31.2. The molecule has 10 aromatic carbocycles. The molecule has 7 heteroatoms. The predicted octanol–water partition coefficient (Wildman–Crippen LogP) is 10.5. The smallest absolute Gasteiger partial charge is 0.240 e. The van der Waals surface area contributed by atoms with E-state index in [1.54, 1.807) is 0 Å². The Morgan fingerprint density at radius 3 is 0.843 bits per heavy atom. The molecule has 0 aliphatic carbocycles. The first-order valence-electron chi connectivity index (χ1n) is 23.9. The molecule has 0 amide bonds. The van der Waals surface area contributed by atoms with Gasteiger partial charge in [-0.3, -0.25) is 9.13 Å². The summed E-state index contributed by atoms with van der Waals surface area (Å²) >= 11 is 0. The van der Waals surface area contributed by atoms with Crippen LogP contribution in [0.1, 0.15) is 0 Å². The zero-order valence-corrected chi connectivity index (χ0v) is 40.2. The molecule has 0 bridgehead atoms. The number of hydrogen-bond donors (Lipinski definition) is 0. The molecule has 3 aromatic heterocycles. The van der Waals surface area contributed by atoms with Crippen LogP contribution in [0.25, 0.3) is 66.9 Å². The fourth-order valence-corrected chi connectivity index (χ4v) is 31.1. The summed E-state index contributed by atoms with van der Waals surface area (Å²) in [5, 5.41) is 12.6. The van der Waals surface area contributed by atoms with E-state index < -0.39 is 15.2 Å². The molecule has 0 saturated carbocycles. The number of fused-ring (bicyclic) bond motifs is 6. The third kappa shape index (κ3) is 6.33. The first kappa shape index (κ1) is 41.4. The van der Waals surface area contributed by atoms with E-state index in [-0.39, 0.29) is 0 Å². The van der Waals surface area contributed by atoms with Crippen molar-refractivity contribution in [2.45, 2.75) is 0 Å². The fraction of sp³-hybridized carbons (Fsp3) is 0. The molecule has 0 saturated heterocycles. The minimum Gasteiger partial charge on any atom is -0.278 e. The van der Waals surface area contributed by atoms with Gasteiger partial charge in [-0.05, 0) is 29.5 Å². The van der Waals surface area contributed by atoms with Crippen LogP contribution in [0.4, 0.5) is 0 Å². The van der Waals surface area contributed by atoms with Crippen molar-refractivity contribution < 1.29 is 0 Å². The van der Waals surface area contributed by atoms with Gasteiger partial charge < -0.3 is 0 Å². The van der Waals surface area contributed by atoms with E-state index in [0.717, 1.165) is 49.2 Å². The van der Waals surface area contributed by atoms with E-state index >= 15 is 0 Å². The Morgan fingerprint density at radius 2 is 0.514 bits per heavy atom. The topological polar surface area (TPSA) is 48.5 Å². The van der Waals surface area contributed by atoms with Gasteiger partial charge in [0.05, 0.1) is 22.1 Å². The Kier molecular flexibility index (Phi) is 10.1. The molecule has 0 N–H and O–H groups in total. The molecule has 0 fully saturated rings. The second kappa shape index (κ2) is 17.1. The molecule has 13 rings (SSSR count). The first-order valence-corrected chi connectivity index (χ1v) is 28.9. The molecule has 5 nitrogen and oxygen atoms in total. The lowest BCUT2D eigenvalue weighted by molar-refractivity contribution is 0.893. The highest BCUT2D eigenvalue weighted by molar-refractivity contribution is 7.67. The molecule has 3 heterocycles. The van der Waals surface area contributed by atoms with Gasteiger partial charge in [0.25, 0.3) is 0 Å². The molecular formula is C63H45N5Si2. The predicted molar refractivity (Wildman–Crippen MR) is 295 cm³/mol. The lowest BCUT2D eigenvalue weighted by Crippen LogP contribution is -2.94. The van der Waals surface area contributed by atoms with Crippen molar-refractivity contribution in [3.05, 3.63) is 273 Å². The van der Waals surface area contributed by atoms with Gasteiger partial charge in [0.15, 0.2) is 21.0 Å². The molecule has 330 valence electrons. The Bertz CT molecular complexity index is 3630. The molecule has 0 aliphatic rings. The van der Waals surface area contributed by atoms with Crippen molar-refractivity contribution in [3.8, 4) is 23.3 Å². The summed E-state index contributed by atoms with van der Waals surface area (Å²) in [6.07, 6.45) is 0. The highest BCUT2D eigenvalue weighted by Crippen LogP contribution is 2.35. The minimum absolute atomic E-state index is 0.556. The summed E-state index contributed by atoms with van der Waals surface area (Å²) in [5.41, 5.74) is 5.06. The van der Waals surface area contributed by atoms with Crippen molar-refractivity contribution >= 4 is 89.9 Å². The molecule has 0 unspecified atom stereocenters. The maximum absolute atomic E-state index is 5.58. The summed E-state index contributed by atoms with van der Waals surface area (Å²) in [6.45, 7) is 0. The number of nitrogens with zero attached hydrogens (tertiary/aromatic N) is 5. The van der Waals surface area contributed by atoms with E-state index in [2.05, 4.69) is 282 Å². The quantitative estimate of drug-likeness (QED) is 0.101. The van der Waals surface area contributed by atoms with Crippen LogP contribution in [0.3, 0.4) is 0 Å². The molecular weight excluding hydrogens is 883 g/mol. The van der Waals surface area contributed by atoms with Gasteiger partial charge in [-0.1, -0.05) is 275 Å². The molecule has 70 heavy (non-hydrogen) atoms. The standard InChI is InChI=1S/C63H45N5Si2/c1-6-26-47(27-7-1)69(48-28-8-2-9-29-48,49-30-10-3-11-31-49)70(50-32-12-4-13-33-50,51-34-14-5-15-35-51)52-36-24-25-46(45-52)61-64-62(67-57-41-20-16-37-53(57)54-38-17-21-42-58(54)67)66-63(65-61)68-59-43-22-18-39-55(59)56-40-19-23-44-60(56)68/h1-45H. The number of para-hydroxylation sites is 4. The van der Waals surface area contributed by atoms with Crippen LogP contribution < -0.4 is 31.1 Å². The average Bonchev–Trinajstić information content (AvgIpc) is 3.97. The number of aromatic nitrogens is 5. The van der Waals surface area contributed by atoms with Crippen LogP contribution in [0.5, 0.6) is 0 Å². The van der Waals surface area contributed by atoms with Crippen LogP contribution in [-0.4, -0.2) is 39.3 Å². The van der Waals surface area contributed by atoms with Gasteiger partial charge >= 0.3 is 0 Å². The minimum atomic E-state index is -3.31. The summed E-state index contributed by atoms with van der Waals surface area (Å²) in [5.74, 6) is 1.71. The van der Waals surface area contributed by atoms with E-state index in [4.69, 9.17) is 15.0 Å². The van der Waals surface area contributed by atoms with Crippen molar-refractivity contribution in [1.82, 2.24) is 24.1 Å². The zero-order valence-electron chi connectivity index (χ0n) is 38.2. The molecule has 0 aliphatic heterocycles. The Labute approximate surface area is 408 Å². The lowest BCUT2D eigenvalue weighted by Gasteiger charge is -2.50. The zero-order chi connectivity index (χ0) is 46.5. The van der Waals surface area contributed by atoms with E-state index in [1.165, 1.54) is 31.1 Å². The normalized spacial score (nSPS) is 12.0. The number of hydrogen-bond acceptors (Lipinski definition) is 3. The van der Waals surface area contributed by atoms with Crippen molar-refractivity contribution in [2.24, 2.45) is 0 Å². The van der Waals surface area contributed by atoms with Gasteiger partial charge in [0.2, 0.25) is 11.9 Å². The highest BCUT2D eigenvalue weighted by Gasteiger charge is 2.61. The van der Waals surface area contributed by atoms with Crippen LogP contribution in [0, 0.1) is 0 Å². The van der Waals surface area contributed by atoms with Crippen molar-refractivity contribution in [1.29, 1.82) is 0 Å². The van der Waals surface area contributed by atoms with Crippen molar-refractivity contribution in [3.63, 3.8) is 0 Å². The summed E-state index contributed by atoms with van der Waals surface area (Å²) in [6, 6.07) is 100. The number of benzene rings is 10. The molecule has 13 aromatic rings. The lowest BCUT2D eigenvalue weighted by atomic mass is 10.2. The maximum atomic E-state index is 5.58. The second-order valence-electron chi connectivity index (χ2n) is 17.9. The van der Waals surface area contributed by atoms with Crippen molar-refractivity contribution in [2.75, 3.05) is 0 Å². The summed E-state index contributed by atoms with van der Waals surface area (Å²) in [7, 11) is -6.52. The molecule has 0 spiro atoms. The number of rotatable bonds is 10. The van der Waals surface area contributed by atoms with Crippen LogP contribution in [0.2, 0.25) is 0 Å². The summed E-state index contributed by atoms with van der Waals surface area (Å²) in [4.78, 5) is 16.6. The second-order valence-corrected chi connectivity index (χ2v) is 28.9. The maximum Gasteiger partial charge on any atom is 0.240 e. The van der Waals surface area contributed by atoms with Gasteiger partial charge in [0.1, 0.15) is 0 Å². The van der Waals surface area contributed by atoms with E-state index in [1.807, 2.05) is 0 Å². The molecule has 0 radical (unpaired) electrons. The van der Waals surface area contributed by atoms with Gasteiger partial charge in [-0.25, -0.2) is 0 Å². The highest BCUT2D eigenvalue weighted by atomic mass is 29.3.